The van der Waals surface area contributed by atoms with Crippen LogP contribution in [0, 0.1) is 6.92 Å². The van der Waals surface area contributed by atoms with Gasteiger partial charge in [-0.1, -0.05) is 6.92 Å². The summed E-state index contributed by atoms with van der Waals surface area (Å²) in [5.74, 6) is 2.71. The van der Waals surface area contributed by atoms with E-state index in [-0.39, 0.29) is 6.04 Å². The molecule has 0 bridgehead atoms. The van der Waals surface area contributed by atoms with Crippen LogP contribution < -0.4 is 16.0 Å². The van der Waals surface area contributed by atoms with Crippen LogP contribution in [-0.2, 0) is 0 Å². The molecule has 0 radical (unpaired) electrons. The molecule has 1 unspecified atom stereocenters. The zero-order valence-electron chi connectivity index (χ0n) is 10.6. The van der Waals surface area contributed by atoms with E-state index in [4.69, 9.17) is 5.73 Å². The molecule has 1 aromatic rings. The highest BCUT2D eigenvalue weighted by Gasteiger charge is 2.20. The largest absolute Gasteiger partial charge is 0.370 e. The molecular formula is C12H21N5. The molecule has 5 nitrogen and oxygen atoms in total. The smallest absolute Gasteiger partial charge is 0.134 e. The fourth-order valence-corrected chi connectivity index (χ4v) is 2.05. The number of nitrogens with two attached hydrogens (primary N) is 1. The Hall–Kier alpha value is -1.36. The van der Waals surface area contributed by atoms with Crippen molar-refractivity contribution in [1.82, 2.24) is 9.97 Å². The van der Waals surface area contributed by atoms with Gasteiger partial charge in [0, 0.05) is 31.7 Å². The monoisotopic (exact) mass is 235 g/mol. The van der Waals surface area contributed by atoms with E-state index in [1.165, 1.54) is 0 Å². The molecule has 0 amide bonds. The van der Waals surface area contributed by atoms with Crippen molar-refractivity contribution in [2.45, 2.75) is 32.7 Å². The Labute approximate surface area is 102 Å². The van der Waals surface area contributed by atoms with Gasteiger partial charge in [-0.25, -0.2) is 9.97 Å². The molecular weight excluding hydrogens is 214 g/mol. The second kappa shape index (κ2) is 5.31. The summed E-state index contributed by atoms with van der Waals surface area (Å²) in [5, 5.41) is 3.30. The predicted octanol–water partition coefficient (Wildman–Crippen LogP) is 1.14. The highest BCUT2D eigenvalue weighted by molar-refractivity contribution is 5.50. The Morgan fingerprint density at radius 2 is 2.35 bits per heavy atom. The second-order valence-electron chi connectivity index (χ2n) is 4.58. The van der Waals surface area contributed by atoms with Crippen LogP contribution in [0.25, 0.3) is 0 Å². The molecule has 1 aromatic heterocycles. The van der Waals surface area contributed by atoms with Crippen LogP contribution >= 0.6 is 0 Å². The fourth-order valence-electron chi connectivity index (χ4n) is 2.05. The van der Waals surface area contributed by atoms with E-state index < -0.39 is 0 Å². The van der Waals surface area contributed by atoms with Crippen LogP contribution in [0.15, 0.2) is 6.07 Å². The topological polar surface area (TPSA) is 67.1 Å². The van der Waals surface area contributed by atoms with E-state index in [2.05, 4.69) is 27.1 Å². The Morgan fingerprint density at radius 1 is 1.53 bits per heavy atom. The van der Waals surface area contributed by atoms with E-state index >= 15 is 0 Å². The number of anilines is 2. The van der Waals surface area contributed by atoms with Crippen LogP contribution in [0.3, 0.4) is 0 Å². The van der Waals surface area contributed by atoms with Gasteiger partial charge in [-0.3, -0.25) is 0 Å². The van der Waals surface area contributed by atoms with E-state index in [0.717, 1.165) is 49.9 Å². The lowest BCUT2D eigenvalue weighted by atomic mass is 10.3. The van der Waals surface area contributed by atoms with Gasteiger partial charge in [-0.05, 0) is 19.8 Å². The maximum absolute atomic E-state index is 5.92. The zero-order chi connectivity index (χ0) is 12.3. The molecule has 94 valence electrons. The third kappa shape index (κ3) is 3.06. The summed E-state index contributed by atoms with van der Waals surface area (Å²) in [4.78, 5) is 11.1. The number of aryl methyl sites for hydroxylation is 1. The third-order valence-electron chi connectivity index (χ3n) is 2.93. The lowest BCUT2D eigenvalue weighted by molar-refractivity contribution is 0.751. The van der Waals surface area contributed by atoms with Crippen LogP contribution in [0.4, 0.5) is 11.6 Å². The standard InChI is InChI=1S/C12H21N5/c1-3-5-14-11-7-12(16-9(2)15-11)17-6-4-10(13)8-17/h7,10H,3-6,8,13H2,1-2H3,(H,14,15,16). The summed E-state index contributed by atoms with van der Waals surface area (Å²) in [5.41, 5.74) is 5.92. The highest BCUT2D eigenvalue weighted by Crippen LogP contribution is 2.20. The summed E-state index contributed by atoms with van der Waals surface area (Å²) in [6.45, 7) is 6.89. The minimum atomic E-state index is 0.275. The quantitative estimate of drug-likeness (QED) is 0.819. The van der Waals surface area contributed by atoms with Gasteiger partial charge in [-0.2, -0.15) is 0 Å². The summed E-state index contributed by atoms with van der Waals surface area (Å²) >= 11 is 0. The van der Waals surface area contributed by atoms with Gasteiger partial charge in [0.05, 0.1) is 0 Å². The Morgan fingerprint density at radius 3 is 3.00 bits per heavy atom. The van der Waals surface area contributed by atoms with Gasteiger partial charge >= 0.3 is 0 Å². The molecule has 2 heterocycles. The Bertz CT molecular complexity index is 379. The van der Waals surface area contributed by atoms with Gasteiger partial charge < -0.3 is 16.0 Å². The average molecular weight is 235 g/mol. The third-order valence-corrected chi connectivity index (χ3v) is 2.93. The van der Waals surface area contributed by atoms with E-state index in [0.29, 0.717) is 0 Å². The van der Waals surface area contributed by atoms with Crippen LogP contribution in [0.5, 0.6) is 0 Å². The first-order valence-electron chi connectivity index (χ1n) is 6.29. The lowest BCUT2D eigenvalue weighted by Gasteiger charge is -2.18. The lowest BCUT2D eigenvalue weighted by Crippen LogP contribution is -2.27. The van der Waals surface area contributed by atoms with Gasteiger partial charge in [-0.15, -0.1) is 0 Å². The molecule has 2 rings (SSSR count). The minimum absolute atomic E-state index is 0.275. The van der Waals surface area contributed by atoms with Crippen molar-refractivity contribution in [2.75, 3.05) is 29.9 Å². The van der Waals surface area contributed by atoms with Crippen molar-refractivity contribution in [3.05, 3.63) is 11.9 Å². The molecule has 0 aromatic carbocycles. The first-order valence-corrected chi connectivity index (χ1v) is 6.29. The van der Waals surface area contributed by atoms with E-state index in [1.54, 1.807) is 0 Å². The van der Waals surface area contributed by atoms with Crippen molar-refractivity contribution < 1.29 is 0 Å². The minimum Gasteiger partial charge on any atom is -0.370 e. The predicted molar refractivity (Wildman–Crippen MR) is 70.4 cm³/mol. The summed E-state index contributed by atoms with van der Waals surface area (Å²) < 4.78 is 0. The van der Waals surface area contributed by atoms with E-state index in [9.17, 15) is 0 Å². The van der Waals surface area contributed by atoms with Crippen molar-refractivity contribution in [3.8, 4) is 0 Å². The molecule has 1 fully saturated rings. The SMILES string of the molecule is CCCNc1cc(N2CCC(N)C2)nc(C)n1. The van der Waals surface area contributed by atoms with Crippen molar-refractivity contribution >= 4 is 11.6 Å². The Balaban J connectivity index is 2.13. The molecule has 0 spiro atoms. The number of nitrogens with zero attached hydrogens (tertiary/aromatic N) is 3. The number of rotatable bonds is 4. The molecule has 1 aliphatic rings. The average Bonchev–Trinajstić information content (AvgIpc) is 2.72. The number of aromatic nitrogens is 2. The molecule has 1 atom stereocenters. The number of hydrogen-bond donors (Lipinski definition) is 2. The van der Waals surface area contributed by atoms with Gasteiger partial charge in [0.25, 0.3) is 0 Å². The summed E-state index contributed by atoms with van der Waals surface area (Å²) in [7, 11) is 0. The van der Waals surface area contributed by atoms with Gasteiger partial charge in [0.15, 0.2) is 0 Å². The maximum Gasteiger partial charge on any atom is 0.134 e. The van der Waals surface area contributed by atoms with Crippen LogP contribution in [0.1, 0.15) is 25.6 Å². The van der Waals surface area contributed by atoms with Crippen LogP contribution in [-0.4, -0.2) is 35.6 Å². The first kappa shape index (κ1) is 12.1. The van der Waals surface area contributed by atoms with Crippen molar-refractivity contribution in [2.24, 2.45) is 5.73 Å². The van der Waals surface area contributed by atoms with Gasteiger partial charge in [0.1, 0.15) is 17.5 Å². The number of nitrogens with one attached hydrogen (secondary N) is 1. The molecule has 1 saturated heterocycles. The zero-order valence-corrected chi connectivity index (χ0v) is 10.6. The van der Waals surface area contributed by atoms with E-state index in [1.807, 2.05) is 13.0 Å². The molecule has 0 saturated carbocycles. The number of hydrogen-bond acceptors (Lipinski definition) is 5. The van der Waals surface area contributed by atoms with Crippen LogP contribution in [0.2, 0.25) is 0 Å². The summed E-state index contributed by atoms with van der Waals surface area (Å²) in [6.07, 6.45) is 2.13. The van der Waals surface area contributed by atoms with Crippen molar-refractivity contribution in [1.29, 1.82) is 0 Å². The summed E-state index contributed by atoms with van der Waals surface area (Å²) in [6, 6.07) is 2.29. The normalized spacial score (nSPS) is 19.7. The molecule has 0 aliphatic carbocycles. The molecule has 1 aliphatic heterocycles. The molecule has 5 heteroatoms. The fraction of sp³-hybridized carbons (Fsp3) is 0.667. The van der Waals surface area contributed by atoms with Gasteiger partial charge in [0.2, 0.25) is 0 Å². The Kier molecular flexibility index (Phi) is 3.78. The first-order chi connectivity index (χ1) is 8.19. The van der Waals surface area contributed by atoms with Crippen molar-refractivity contribution in [3.63, 3.8) is 0 Å². The highest BCUT2D eigenvalue weighted by atomic mass is 15.2. The maximum atomic E-state index is 5.92. The molecule has 17 heavy (non-hydrogen) atoms. The second-order valence-corrected chi connectivity index (χ2v) is 4.58. The molecule has 3 N–H and O–H groups in total.